The number of aromatic nitrogens is 1. The molecule has 1 aliphatic carbocycles. The number of nitrogens with zero attached hydrogens (tertiary/aromatic N) is 1. The molecule has 0 aromatic carbocycles. The van der Waals surface area contributed by atoms with E-state index in [4.69, 9.17) is 0 Å². The zero-order valence-electron chi connectivity index (χ0n) is 9.26. The summed E-state index contributed by atoms with van der Waals surface area (Å²) in [6, 6.07) is 6.00. The quantitative estimate of drug-likeness (QED) is 0.804. The third kappa shape index (κ3) is 2.78. The van der Waals surface area contributed by atoms with Gasteiger partial charge in [-0.05, 0) is 49.7 Å². The van der Waals surface area contributed by atoms with Crippen molar-refractivity contribution in [1.82, 2.24) is 4.98 Å². The Hall–Kier alpha value is -0.890. The van der Waals surface area contributed by atoms with E-state index in [0.29, 0.717) is 5.92 Å². The summed E-state index contributed by atoms with van der Waals surface area (Å²) in [5, 5.41) is 9.92. The van der Waals surface area contributed by atoms with Crippen LogP contribution < -0.4 is 0 Å². The Morgan fingerprint density at radius 1 is 1.40 bits per heavy atom. The number of aliphatic hydroxyl groups excluding tert-OH is 1. The maximum absolute atomic E-state index is 9.92. The lowest BCUT2D eigenvalue weighted by Crippen LogP contribution is -2.29. The Bertz CT molecular complexity index is 299. The van der Waals surface area contributed by atoms with E-state index < -0.39 is 0 Å². The van der Waals surface area contributed by atoms with Gasteiger partial charge in [-0.15, -0.1) is 0 Å². The van der Waals surface area contributed by atoms with Crippen LogP contribution >= 0.6 is 0 Å². The maximum Gasteiger partial charge on any atom is 0.0572 e. The topological polar surface area (TPSA) is 33.1 Å². The highest BCUT2D eigenvalue weighted by Gasteiger charge is 2.27. The molecular weight excluding hydrogens is 186 g/mol. The molecule has 0 radical (unpaired) electrons. The fourth-order valence-corrected chi connectivity index (χ4v) is 2.49. The smallest absolute Gasteiger partial charge is 0.0572 e. The fourth-order valence-electron chi connectivity index (χ4n) is 2.49. The van der Waals surface area contributed by atoms with Crippen LogP contribution in [0, 0.1) is 11.8 Å². The van der Waals surface area contributed by atoms with Crippen molar-refractivity contribution in [3.8, 4) is 0 Å². The van der Waals surface area contributed by atoms with Gasteiger partial charge in [-0.1, -0.05) is 13.0 Å². The van der Waals surface area contributed by atoms with Gasteiger partial charge >= 0.3 is 0 Å². The molecule has 1 N–H and O–H groups in total. The van der Waals surface area contributed by atoms with Gasteiger partial charge in [-0.25, -0.2) is 0 Å². The summed E-state index contributed by atoms with van der Waals surface area (Å²) in [4.78, 5) is 4.32. The van der Waals surface area contributed by atoms with E-state index in [2.05, 4.69) is 11.9 Å². The zero-order valence-corrected chi connectivity index (χ0v) is 9.26. The summed E-state index contributed by atoms with van der Waals surface area (Å²) >= 11 is 0. The van der Waals surface area contributed by atoms with Gasteiger partial charge in [0, 0.05) is 11.9 Å². The normalized spacial score (nSPS) is 31.5. The molecule has 1 aromatic heterocycles. The first-order chi connectivity index (χ1) is 7.25. The van der Waals surface area contributed by atoms with Crippen LogP contribution in [0.2, 0.25) is 0 Å². The van der Waals surface area contributed by atoms with Gasteiger partial charge in [0.05, 0.1) is 6.10 Å². The van der Waals surface area contributed by atoms with E-state index >= 15 is 0 Å². The van der Waals surface area contributed by atoms with Crippen LogP contribution in [0.5, 0.6) is 0 Å². The van der Waals surface area contributed by atoms with Crippen LogP contribution in [0.3, 0.4) is 0 Å². The first-order valence-electron chi connectivity index (χ1n) is 5.83. The van der Waals surface area contributed by atoms with Crippen LogP contribution in [0.4, 0.5) is 0 Å². The molecule has 82 valence electrons. The van der Waals surface area contributed by atoms with Crippen molar-refractivity contribution < 1.29 is 5.11 Å². The van der Waals surface area contributed by atoms with Crippen LogP contribution in [0.15, 0.2) is 24.4 Å². The molecule has 0 amide bonds. The minimum Gasteiger partial charge on any atom is -0.393 e. The summed E-state index contributed by atoms with van der Waals surface area (Å²) in [5.74, 6) is 1.16. The molecule has 3 unspecified atom stereocenters. The number of pyridine rings is 1. The van der Waals surface area contributed by atoms with Crippen LogP contribution in [-0.4, -0.2) is 16.2 Å². The van der Waals surface area contributed by atoms with Gasteiger partial charge in [-0.2, -0.15) is 0 Å². The lowest BCUT2D eigenvalue weighted by Gasteiger charge is -2.31. The Labute approximate surface area is 91.4 Å². The Kier molecular flexibility index (Phi) is 3.37. The number of hydrogen-bond donors (Lipinski definition) is 1. The summed E-state index contributed by atoms with van der Waals surface area (Å²) < 4.78 is 0. The molecule has 0 aliphatic heterocycles. The Morgan fingerprint density at radius 3 is 3.00 bits per heavy atom. The zero-order chi connectivity index (χ0) is 10.7. The van der Waals surface area contributed by atoms with E-state index in [-0.39, 0.29) is 6.10 Å². The van der Waals surface area contributed by atoms with Crippen LogP contribution in [0.1, 0.15) is 31.9 Å². The van der Waals surface area contributed by atoms with Crippen LogP contribution in [-0.2, 0) is 6.42 Å². The van der Waals surface area contributed by atoms with Crippen molar-refractivity contribution in [3.05, 3.63) is 30.1 Å². The van der Waals surface area contributed by atoms with Gasteiger partial charge in [0.1, 0.15) is 0 Å². The van der Waals surface area contributed by atoms with Crippen molar-refractivity contribution >= 4 is 0 Å². The maximum atomic E-state index is 9.92. The summed E-state index contributed by atoms with van der Waals surface area (Å²) in [6.45, 7) is 2.28. The molecule has 1 saturated carbocycles. The van der Waals surface area contributed by atoms with Gasteiger partial charge in [0.2, 0.25) is 0 Å². The number of rotatable bonds is 2. The molecule has 2 rings (SSSR count). The first kappa shape index (κ1) is 10.6. The van der Waals surface area contributed by atoms with E-state index in [9.17, 15) is 5.11 Å². The number of hydrogen-bond acceptors (Lipinski definition) is 2. The van der Waals surface area contributed by atoms with Crippen molar-refractivity contribution in [1.29, 1.82) is 0 Å². The summed E-state index contributed by atoms with van der Waals surface area (Å²) in [5.41, 5.74) is 1.11. The minimum absolute atomic E-state index is 0.122. The van der Waals surface area contributed by atoms with E-state index in [0.717, 1.165) is 30.9 Å². The van der Waals surface area contributed by atoms with E-state index in [1.807, 2.05) is 24.4 Å². The lowest BCUT2D eigenvalue weighted by molar-refractivity contribution is 0.0515. The van der Waals surface area contributed by atoms with Gasteiger partial charge in [0.25, 0.3) is 0 Å². The highest BCUT2D eigenvalue weighted by molar-refractivity contribution is 5.05. The molecule has 0 bridgehead atoms. The lowest BCUT2D eigenvalue weighted by atomic mass is 9.78. The summed E-state index contributed by atoms with van der Waals surface area (Å²) in [6.07, 6.45) is 5.89. The Balaban J connectivity index is 1.98. The second-order valence-electron chi connectivity index (χ2n) is 4.77. The molecule has 15 heavy (non-hydrogen) atoms. The monoisotopic (exact) mass is 205 g/mol. The molecule has 0 spiro atoms. The molecule has 2 nitrogen and oxygen atoms in total. The predicted octanol–water partition coefficient (Wildman–Crippen LogP) is 2.42. The molecule has 2 heteroatoms. The van der Waals surface area contributed by atoms with Crippen molar-refractivity contribution in [2.24, 2.45) is 11.8 Å². The average Bonchev–Trinajstić information content (AvgIpc) is 2.25. The Morgan fingerprint density at radius 2 is 2.27 bits per heavy atom. The van der Waals surface area contributed by atoms with Crippen molar-refractivity contribution in [2.75, 3.05) is 0 Å². The first-order valence-corrected chi connectivity index (χ1v) is 5.83. The minimum atomic E-state index is -0.122. The van der Waals surface area contributed by atoms with E-state index in [1.165, 1.54) is 6.42 Å². The van der Waals surface area contributed by atoms with Gasteiger partial charge in [-0.3, -0.25) is 4.98 Å². The molecule has 3 atom stereocenters. The fraction of sp³-hybridized carbons (Fsp3) is 0.615. The molecule has 1 fully saturated rings. The molecule has 1 heterocycles. The van der Waals surface area contributed by atoms with E-state index in [1.54, 1.807) is 0 Å². The molecule has 0 saturated heterocycles. The largest absolute Gasteiger partial charge is 0.393 e. The third-order valence-corrected chi connectivity index (χ3v) is 3.40. The van der Waals surface area contributed by atoms with Gasteiger partial charge in [0.15, 0.2) is 0 Å². The average molecular weight is 205 g/mol. The van der Waals surface area contributed by atoms with Crippen molar-refractivity contribution in [2.45, 2.75) is 38.7 Å². The second-order valence-corrected chi connectivity index (χ2v) is 4.77. The molecule has 1 aliphatic rings. The number of aliphatic hydroxyl groups is 1. The highest BCUT2D eigenvalue weighted by Crippen LogP contribution is 2.30. The van der Waals surface area contributed by atoms with Crippen LogP contribution in [0.25, 0.3) is 0 Å². The second kappa shape index (κ2) is 4.75. The summed E-state index contributed by atoms with van der Waals surface area (Å²) in [7, 11) is 0. The van der Waals surface area contributed by atoms with Crippen molar-refractivity contribution in [3.63, 3.8) is 0 Å². The standard InChI is InChI=1S/C13H19NO/c1-10-5-6-13(15)11(8-10)9-12-4-2-3-7-14-12/h2-4,7,10-11,13,15H,5-6,8-9H2,1H3. The molecule has 1 aromatic rings. The van der Waals surface area contributed by atoms with Gasteiger partial charge < -0.3 is 5.11 Å². The molecular formula is C13H19NO. The third-order valence-electron chi connectivity index (χ3n) is 3.40. The predicted molar refractivity (Wildman–Crippen MR) is 60.5 cm³/mol. The highest BCUT2D eigenvalue weighted by atomic mass is 16.3. The SMILES string of the molecule is CC1CCC(O)C(Cc2ccccn2)C1.